The van der Waals surface area contributed by atoms with E-state index in [-0.39, 0.29) is 18.3 Å². The SMILES string of the molecule is [C-]#[N+]c1csc(C(C#N)(CCC(=O)OCC)C(C)C)c1. The summed E-state index contributed by atoms with van der Waals surface area (Å²) in [6, 6.07) is 4.12. The minimum absolute atomic E-state index is 0.0548. The minimum Gasteiger partial charge on any atom is -0.466 e. The van der Waals surface area contributed by atoms with Gasteiger partial charge in [0.15, 0.2) is 5.69 Å². The number of esters is 1. The van der Waals surface area contributed by atoms with Crippen molar-refractivity contribution in [1.82, 2.24) is 0 Å². The summed E-state index contributed by atoms with van der Waals surface area (Å²) in [7, 11) is 0. The van der Waals surface area contributed by atoms with Crippen molar-refractivity contribution in [1.29, 1.82) is 5.26 Å². The van der Waals surface area contributed by atoms with Crippen molar-refractivity contribution >= 4 is 23.0 Å². The summed E-state index contributed by atoms with van der Waals surface area (Å²) in [6.45, 7) is 13.1. The van der Waals surface area contributed by atoms with Crippen LogP contribution >= 0.6 is 11.3 Å². The minimum atomic E-state index is -0.736. The maximum absolute atomic E-state index is 11.5. The highest BCUT2D eigenvalue weighted by atomic mass is 32.1. The molecule has 0 amide bonds. The Hall–Kier alpha value is -1.85. The molecular weight excluding hydrogens is 272 g/mol. The Bertz CT molecular complexity index is 551. The molecular formula is C15H18N2O2S. The molecule has 0 aliphatic rings. The van der Waals surface area contributed by atoms with E-state index in [1.807, 2.05) is 13.8 Å². The molecule has 1 aromatic rings. The van der Waals surface area contributed by atoms with Crippen LogP contribution in [0, 0.1) is 23.8 Å². The van der Waals surface area contributed by atoms with Gasteiger partial charge in [-0.1, -0.05) is 13.8 Å². The van der Waals surface area contributed by atoms with Gasteiger partial charge in [0, 0.05) is 11.3 Å². The van der Waals surface area contributed by atoms with E-state index in [0.29, 0.717) is 18.7 Å². The first-order valence-corrected chi connectivity index (χ1v) is 7.41. The van der Waals surface area contributed by atoms with Crippen molar-refractivity contribution in [3.05, 3.63) is 27.7 Å². The van der Waals surface area contributed by atoms with Crippen molar-refractivity contribution < 1.29 is 9.53 Å². The third kappa shape index (κ3) is 3.37. The summed E-state index contributed by atoms with van der Waals surface area (Å²) in [4.78, 5) is 15.8. The van der Waals surface area contributed by atoms with Gasteiger partial charge in [0.25, 0.3) is 0 Å². The second-order valence-electron chi connectivity index (χ2n) is 4.82. The molecule has 5 heteroatoms. The number of hydrogen-bond acceptors (Lipinski definition) is 4. The molecule has 1 unspecified atom stereocenters. The van der Waals surface area contributed by atoms with Gasteiger partial charge in [0.2, 0.25) is 0 Å². The molecule has 0 spiro atoms. The lowest BCUT2D eigenvalue weighted by molar-refractivity contribution is -0.143. The van der Waals surface area contributed by atoms with E-state index in [0.717, 1.165) is 4.88 Å². The van der Waals surface area contributed by atoms with Crippen molar-refractivity contribution in [2.75, 3.05) is 6.61 Å². The highest BCUT2D eigenvalue weighted by Gasteiger charge is 2.37. The second-order valence-corrected chi connectivity index (χ2v) is 5.74. The van der Waals surface area contributed by atoms with E-state index < -0.39 is 5.41 Å². The van der Waals surface area contributed by atoms with Crippen LogP contribution < -0.4 is 0 Å². The van der Waals surface area contributed by atoms with E-state index in [1.54, 1.807) is 18.4 Å². The number of nitrogens with zero attached hydrogens (tertiary/aromatic N) is 2. The molecule has 1 heterocycles. The molecule has 0 N–H and O–H groups in total. The van der Waals surface area contributed by atoms with Crippen LogP contribution in [0.15, 0.2) is 11.4 Å². The molecule has 1 aromatic heterocycles. The third-order valence-electron chi connectivity index (χ3n) is 3.37. The second kappa shape index (κ2) is 7.07. The highest BCUT2D eigenvalue weighted by Crippen LogP contribution is 2.41. The fourth-order valence-corrected chi connectivity index (χ4v) is 3.24. The Morgan fingerprint density at radius 3 is 2.80 bits per heavy atom. The number of carbonyl (C=O) groups excluding carboxylic acids is 1. The number of carbonyl (C=O) groups is 1. The Morgan fingerprint density at radius 1 is 1.65 bits per heavy atom. The fraction of sp³-hybridized carbons (Fsp3) is 0.533. The average molecular weight is 290 g/mol. The molecule has 0 saturated heterocycles. The Morgan fingerprint density at radius 2 is 2.35 bits per heavy atom. The van der Waals surface area contributed by atoms with Crippen LogP contribution in [0.3, 0.4) is 0 Å². The van der Waals surface area contributed by atoms with E-state index in [9.17, 15) is 10.1 Å². The van der Waals surface area contributed by atoms with Crippen LogP contribution in [-0.4, -0.2) is 12.6 Å². The van der Waals surface area contributed by atoms with Crippen LogP contribution in [-0.2, 0) is 14.9 Å². The number of rotatable bonds is 6. The Labute approximate surface area is 123 Å². The topological polar surface area (TPSA) is 54.5 Å². The number of thiophene rings is 1. The summed E-state index contributed by atoms with van der Waals surface area (Å²) >= 11 is 1.41. The lowest BCUT2D eigenvalue weighted by Gasteiger charge is -2.29. The first-order valence-electron chi connectivity index (χ1n) is 6.53. The largest absolute Gasteiger partial charge is 0.466 e. The smallest absolute Gasteiger partial charge is 0.305 e. The quantitative estimate of drug-likeness (QED) is 0.586. The molecule has 0 aliphatic carbocycles. The maximum Gasteiger partial charge on any atom is 0.305 e. The van der Waals surface area contributed by atoms with Gasteiger partial charge in [-0.15, -0.1) is 0 Å². The van der Waals surface area contributed by atoms with Crippen LogP contribution in [0.4, 0.5) is 5.69 Å². The summed E-state index contributed by atoms with van der Waals surface area (Å²) < 4.78 is 4.93. The van der Waals surface area contributed by atoms with E-state index >= 15 is 0 Å². The van der Waals surface area contributed by atoms with Crippen molar-refractivity contribution in [3.8, 4) is 6.07 Å². The standard InChI is InChI=1S/C15H18N2O2S/c1-5-19-14(18)6-7-15(10-16,11(2)3)13-8-12(17-4)9-20-13/h8-9,11H,5-7H2,1-3H3. The zero-order valence-corrected chi connectivity index (χ0v) is 12.8. The molecule has 0 fully saturated rings. The summed E-state index contributed by atoms with van der Waals surface area (Å²) in [5, 5.41) is 11.4. The molecule has 1 atom stereocenters. The zero-order valence-electron chi connectivity index (χ0n) is 12.0. The Kier molecular flexibility index (Phi) is 5.73. The molecule has 4 nitrogen and oxygen atoms in total. The summed E-state index contributed by atoms with van der Waals surface area (Å²) in [6.07, 6.45) is 0.628. The number of nitriles is 1. The monoisotopic (exact) mass is 290 g/mol. The lowest BCUT2D eigenvalue weighted by atomic mass is 9.73. The van der Waals surface area contributed by atoms with Gasteiger partial charge in [0.05, 0.1) is 24.7 Å². The first kappa shape index (κ1) is 16.2. The maximum atomic E-state index is 11.5. The summed E-state index contributed by atoms with van der Waals surface area (Å²) in [5.41, 5.74) is -0.193. The van der Waals surface area contributed by atoms with Crippen molar-refractivity contribution in [2.45, 2.75) is 39.0 Å². The number of ether oxygens (including phenoxy) is 1. The van der Waals surface area contributed by atoms with Gasteiger partial charge < -0.3 is 4.74 Å². The zero-order chi connectivity index (χ0) is 15.2. The van der Waals surface area contributed by atoms with Gasteiger partial charge in [-0.05, 0) is 30.7 Å². The van der Waals surface area contributed by atoms with E-state index in [2.05, 4.69) is 10.9 Å². The van der Waals surface area contributed by atoms with Gasteiger partial charge in [0.1, 0.15) is 0 Å². The molecule has 0 aliphatic heterocycles. The third-order valence-corrected chi connectivity index (χ3v) is 4.46. The lowest BCUT2D eigenvalue weighted by Crippen LogP contribution is -2.30. The molecule has 1 rings (SSSR count). The summed E-state index contributed by atoms with van der Waals surface area (Å²) in [5.74, 6) is -0.228. The molecule has 0 radical (unpaired) electrons. The highest BCUT2D eigenvalue weighted by molar-refractivity contribution is 7.10. The predicted octanol–water partition coefficient (Wildman–Crippen LogP) is 4.06. The number of hydrogen-bond donors (Lipinski definition) is 0. The molecule has 0 saturated carbocycles. The van der Waals surface area contributed by atoms with Crippen LogP contribution in [0.1, 0.15) is 38.5 Å². The molecule has 20 heavy (non-hydrogen) atoms. The molecule has 106 valence electrons. The van der Waals surface area contributed by atoms with Crippen LogP contribution in [0.2, 0.25) is 0 Å². The van der Waals surface area contributed by atoms with Crippen molar-refractivity contribution in [3.63, 3.8) is 0 Å². The van der Waals surface area contributed by atoms with Gasteiger partial charge >= 0.3 is 5.97 Å². The predicted molar refractivity (Wildman–Crippen MR) is 78.6 cm³/mol. The Balaban J connectivity index is 3.02. The van der Waals surface area contributed by atoms with E-state index in [4.69, 9.17) is 11.3 Å². The van der Waals surface area contributed by atoms with Gasteiger partial charge in [-0.3, -0.25) is 4.79 Å². The first-order chi connectivity index (χ1) is 9.50. The van der Waals surface area contributed by atoms with Gasteiger partial charge in [-0.25, -0.2) is 4.85 Å². The van der Waals surface area contributed by atoms with E-state index in [1.165, 1.54) is 11.3 Å². The normalized spacial score (nSPS) is 13.3. The van der Waals surface area contributed by atoms with Crippen molar-refractivity contribution in [2.24, 2.45) is 5.92 Å². The fourth-order valence-electron chi connectivity index (χ4n) is 2.09. The van der Waals surface area contributed by atoms with Crippen LogP contribution in [0.5, 0.6) is 0 Å². The van der Waals surface area contributed by atoms with Crippen LogP contribution in [0.25, 0.3) is 4.85 Å². The average Bonchev–Trinajstić information content (AvgIpc) is 2.89. The molecule has 0 aromatic carbocycles. The molecule has 0 bridgehead atoms. The van der Waals surface area contributed by atoms with Gasteiger partial charge in [-0.2, -0.15) is 16.6 Å².